The summed E-state index contributed by atoms with van der Waals surface area (Å²) in [5, 5.41) is 4.35. The molecule has 2 rings (SSSR count). The highest BCUT2D eigenvalue weighted by molar-refractivity contribution is 6.17. The van der Waals surface area contributed by atoms with E-state index in [2.05, 4.69) is 17.0 Å². The topological polar surface area (TPSA) is 43.9 Å². The Balaban J connectivity index is 2.48. The van der Waals surface area contributed by atoms with Crippen LogP contribution in [0.5, 0.6) is 0 Å². The summed E-state index contributed by atoms with van der Waals surface area (Å²) in [6.07, 6.45) is 2.31. The fraction of sp³-hybridized carbons (Fsp3) is 0.400. The summed E-state index contributed by atoms with van der Waals surface area (Å²) in [6, 6.07) is 2.00. The highest BCUT2D eigenvalue weighted by Gasteiger charge is 2.14. The highest BCUT2D eigenvalue weighted by Crippen LogP contribution is 2.24. The maximum Gasteiger partial charge on any atom is 0.181 e. The Morgan fingerprint density at radius 1 is 1.53 bits per heavy atom. The normalized spacial score (nSPS) is 10.9. The number of alkyl halides is 1. The molecular weight excluding hydrogens is 214 g/mol. The maximum absolute atomic E-state index is 5.76. The summed E-state index contributed by atoms with van der Waals surface area (Å²) in [4.78, 5) is 4.05. The molecule has 0 atom stereocenters. The number of rotatable bonds is 3. The molecule has 0 aliphatic carbocycles. The first-order valence-corrected chi connectivity index (χ1v) is 5.31. The van der Waals surface area contributed by atoms with Crippen LogP contribution in [0.1, 0.15) is 18.3 Å². The molecule has 80 valence electrons. The standard InChI is InChI=1S/C10H12ClN3O/c1-3-7-4-9(14(2)13-7)10-8(5-11)12-6-15-10/h4,6H,3,5H2,1-2H3. The van der Waals surface area contributed by atoms with E-state index in [9.17, 15) is 0 Å². The van der Waals surface area contributed by atoms with Gasteiger partial charge in [0.25, 0.3) is 0 Å². The van der Waals surface area contributed by atoms with Gasteiger partial charge in [0, 0.05) is 7.05 Å². The van der Waals surface area contributed by atoms with Crippen molar-refractivity contribution in [3.05, 3.63) is 23.8 Å². The van der Waals surface area contributed by atoms with Gasteiger partial charge in [-0.2, -0.15) is 5.10 Å². The van der Waals surface area contributed by atoms with Crippen LogP contribution in [0.4, 0.5) is 0 Å². The Morgan fingerprint density at radius 2 is 2.33 bits per heavy atom. The zero-order chi connectivity index (χ0) is 10.8. The molecule has 2 aromatic heterocycles. The molecule has 0 N–H and O–H groups in total. The molecule has 5 heteroatoms. The molecule has 4 nitrogen and oxygen atoms in total. The minimum absolute atomic E-state index is 0.346. The summed E-state index contributed by atoms with van der Waals surface area (Å²) in [5.41, 5.74) is 2.70. The van der Waals surface area contributed by atoms with Crippen molar-refractivity contribution in [3.8, 4) is 11.5 Å². The monoisotopic (exact) mass is 225 g/mol. The molecule has 0 fully saturated rings. The molecule has 0 spiro atoms. The summed E-state index contributed by atoms with van der Waals surface area (Å²) in [7, 11) is 1.88. The Hall–Kier alpha value is -1.29. The van der Waals surface area contributed by atoms with Gasteiger partial charge in [0.2, 0.25) is 0 Å². The lowest BCUT2D eigenvalue weighted by atomic mass is 10.2. The number of hydrogen-bond acceptors (Lipinski definition) is 3. The number of hydrogen-bond donors (Lipinski definition) is 0. The lowest BCUT2D eigenvalue weighted by Crippen LogP contribution is -1.95. The van der Waals surface area contributed by atoms with E-state index in [1.807, 2.05) is 13.1 Å². The molecule has 0 radical (unpaired) electrons. The van der Waals surface area contributed by atoms with Crippen LogP contribution in [0, 0.1) is 0 Å². The van der Waals surface area contributed by atoms with Gasteiger partial charge in [0.15, 0.2) is 12.2 Å². The van der Waals surface area contributed by atoms with E-state index in [0.717, 1.165) is 23.5 Å². The third-order valence-electron chi connectivity index (χ3n) is 2.29. The second-order valence-corrected chi connectivity index (χ2v) is 3.53. The van der Waals surface area contributed by atoms with Gasteiger partial charge in [0.05, 0.1) is 11.6 Å². The molecular formula is C10H12ClN3O. The average Bonchev–Trinajstić information content (AvgIpc) is 2.82. The second kappa shape index (κ2) is 4.06. The van der Waals surface area contributed by atoms with Gasteiger partial charge >= 0.3 is 0 Å². The number of aromatic nitrogens is 3. The van der Waals surface area contributed by atoms with Gasteiger partial charge in [-0.1, -0.05) is 6.92 Å². The summed E-state index contributed by atoms with van der Waals surface area (Å²) < 4.78 is 7.11. The Bertz CT molecular complexity index is 461. The Morgan fingerprint density at radius 3 is 2.93 bits per heavy atom. The van der Waals surface area contributed by atoms with Gasteiger partial charge in [-0.25, -0.2) is 4.98 Å². The molecule has 15 heavy (non-hydrogen) atoms. The predicted octanol–water partition coefficient (Wildman–Crippen LogP) is 2.38. The minimum Gasteiger partial charge on any atom is -0.442 e. The van der Waals surface area contributed by atoms with E-state index in [1.54, 1.807) is 4.68 Å². The van der Waals surface area contributed by atoms with Gasteiger partial charge in [-0.3, -0.25) is 4.68 Å². The fourth-order valence-electron chi connectivity index (χ4n) is 1.48. The van der Waals surface area contributed by atoms with Gasteiger partial charge < -0.3 is 4.42 Å². The van der Waals surface area contributed by atoms with E-state index in [-0.39, 0.29) is 0 Å². The SMILES string of the molecule is CCc1cc(-c2ocnc2CCl)n(C)n1. The number of halogens is 1. The lowest BCUT2D eigenvalue weighted by molar-refractivity contribution is 0.563. The zero-order valence-electron chi connectivity index (χ0n) is 8.70. The van der Waals surface area contributed by atoms with Gasteiger partial charge in [-0.15, -0.1) is 11.6 Å². The molecule has 2 heterocycles. The van der Waals surface area contributed by atoms with Crippen LogP contribution in [-0.4, -0.2) is 14.8 Å². The van der Waals surface area contributed by atoms with Crippen molar-refractivity contribution in [1.29, 1.82) is 0 Å². The fourth-order valence-corrected chi connectivity index (χ4v) is 1.68. The van der Waals surface area contributed by atoms with E-state index < -0.39 is 0 Å². The van der Waals surface area contributed by atoms with Crippen molar-refractivity contribution in [2.24, 2.45) is 7.05 Å². The molecule has 0 aliphatic heterocycles. The van der Waals surface area contributed by atoms with Crippen molar-refractivity contribution in [2.75, 3.05) is 0 Å². The number of aryl methyl sites for hydroxylation is 2. The third-order valence-corrected chi connectivity index (χ3v) is 2.55. The molecule has 0 saturated heterocycles. The molecule has 0 saturated carbocycles. The summed E-state index contributed by atoms with van der Waals surface area (Å²) in [5.74, 6) is 1.05. The smallest absolute Gasteiger partial charge is 0.181 e. The molecule has 2 aromatic rings. The van der Waals surface area contributed by atoms with Crippen LogP contribution < -0.4 is 0 Å². The predicted molar refractivity (Wildman–Crippen MR) is 57.6 cm³/mol. The highest BCUT2D eigenvalue weighted by atomic mass is 35.5. The van der Waals surface area contributed by atoms with Crippen LogP contribution in [0.15, 0.2) is 16.9 Å². The lowest BCUT2D eigenvalue weighted by Gasteiger charge is -1.97. The molecule has 0 amide bonds. The zero-order valence-corrected chi connectivity index (χ0v) is 9.45. The van der Waals surface area contributed by atoms with Crippen molar-refractivity contribution in [2.45, 2.75) is 19.2 Å². The summed E-state index contributed by atoms with van der Waals surface area (Å²) in [6.45, 7) is 2.06. The molecule has 0 aliphatic rings. The first-order chi connectivity index (χ1) is 7.26. The van der Waals surface area contributed by atoms with Crippen molar-refractivity contribution < 1.29 is 4.42 Å². The Labute approximate surface area is 92.9 Å². The number of nitrogens with zero attached hydrogens (tertiary/aromatic N) is 3. The van der Waals surface area contributed by atoms with Crippen molar-refractivity contribution in [3.63, 3.8) is 0 Å². The number of oxazole rings is 1. The van der Waals surface area contributed by atoms with Crippen LogP contribution in [0.2, 0.25) is 0 Å². The minimum atomic E-state index is 0.346. The van der Waals surface area contributed by atoms with E-state index in [1.165, 1.54) is 6.39 Å². The van der Waals surface area contributed by atoms with Gasteiger partial charge in [-0.05, 0) is 12.5 Å². The molecule has 0 aromatic carbocycles. The van der Waals surface area contributed by atoms with Crippen LogP contribution >= 0.6 is 11.6 Å². The van der Waals surface area contributed by atoms with Crippen molar-refractivity contribution >= 4 is 11.6 Å². The van der Waals surface area contributed by atoms with Crippen LogP contribution in [-0.2, 0) is 19.3 Å². The first kappa shape index (κ1) is 10.2. The van der Waals surface area contributed by atoms with Gasteiger partial charge in [0.1, 0.15) is 11.4 Å². The third kappa shape index (κ3) is 1.77. The van der Waals surface area contributed by atoms with Crippen LogP contribution in [0.25, 0.3) is 11.5 Å². The molecule has 0 unspecified atom stereocenters. The van der Waals surface area contributed by atoms with E-state index in [0.29, 0.717) is 11.6 Å². The van der Waals surface area contributed by atoms with Crippen molar-refractivity contribution in [1.82, 2.24) is 14.8 Å². The quantitative estimate of drug-likeness (QED) is 0.754. The Kier molecular flexibility index (Phi) is 2.77. The largest absolute Gasteiger partial charge is 0.442 e. The van der Waals surface area contributed by atoms with Crippen LogP contribution in [0.3, 0.4) is 0 Å². The van der Waals surface area contributed by atoms with E-state index >= 15 is 0 Å². The second-order valence-electron chi connectivity index (χ2n) is 3.26. The van der Waals surface area contributed by atoms with E-state index in [4.69, 9.17) is 16.0 Å². The average molecular weight is 226 g/mol. The first-order valence-electron chi connectivity index (χ1n) is 4.77. The summed E-state index contributed by atoms with van der Waals surface area (Å²) >= 11 is 5.76. The molecule has 0 bridgehead atoms. The maximum atomic E-state index is 5.76.